The number of Topliss-reactive ketones (excluding diaryl/α,β-unsaturated/α-hetero) is 1. The van der Waals surface area contributed by atoms with Gasteiger partial charge in [0.15, 0.2) is 5.78 Å². The Hall–Kier alpha value is -2.73. The zero-order chi connectivity index (χ0) is 19.3. The molecule has 0 spiro atoms. The molecular weight excluding hydrogens is 359 g/mol. The molecule has 0 radical (unpaired) electrons. The highest BCUT2D eigenvalue weighted by Crippen LogP contribution is 2.22. The molecule has 0 atom stereocenters. The molecule has 0 saturated heterocycles. The summed E-state index contributed by atoms with van der Waals surface area (Å²) in [5, 5.41) is 2.86. The fraction of sp³-hybridized carbons (Fsp3) is 0.211. The number of amides is 2. The van der Waals surface area contributed by atoms with E-state index in [9.17, 15) is 18.8 Å². The normalized spacial score (nSPS) is 10.3. The number of carbonyl (C=O) groups excluding carboxylic acids is 3. The summed E-state index contributed by atoms with van der Waals surface area (Å²) >= 11 is 6.09. The van der Waals surface area contributed by atoms with Gasteiger partial charge in [0.1, 0.15) is 5.82 Å². The monoisotopic (exact) mass is 376 g/mol. The van der Waals surface area contributed by atoms with Crippen LogP contribution in [-0.4, -0.2) is 36.6 Å². The predicted octanol–water partition coefficient (Wildman–Crippen LogP) is 3.78. The number of carbonyl (C=O) groups is 3. The number of ketones is 1. The molecule has 7 heteroatoms. The van der Waals surface area contributed by atoms with Crippen LogP contribution >= 0.6 is 11.6 Å². The summed E-state index contributed by atoms with van der Waals surface area (Å²) in [5.74, 6) is -1.27. The standard InChI is InChI=1S/C19H18ClFN2O3/c1-23(2)19(26)15-8-7-14(11-16(15)20)22-18(25)10-9-17(24)12-3-5-13(21)6-4-12/h3-8,11H,9-10H2,1-2H3,(H,22,25). The number of nitrogens with zero attached hydrogens (tertiary/aromatic N) is 1. The molecule has 2 rings (SSSR count). The van der Waals surface area contributed by atoms with E-state index in [2.05, 4.69) is 5.32 Å². The van der Waals surface area contributed by atoms with Crippen LogP contribution in [0.4, 0.5) is 10.1 Å². The number of hydrogen-bond donors (Lipinski definition) is 1. The van der Waals surface area contributed by atoms with Gasteiger partial charge in [0.2, 0.25) is 5.91 Å². The van der Waals surface area contributed by atoms with Gasteiger partial charge in [-0.1, -0.05) is 11.6 Å². The van der Waals surface area contributed by atoms with Gasteiger partial charge in [0.25, 0.3) is 5.91 Å². The van der Waals surface area contributed by atoms with Crippen LogP contribution in [0.1, 0.15) is 33.6 Å². The van der Waals surface area contributed by atoms with Gasteiger partial charge in [0, 0.05) is 38.2 Å². The lowest BCUT2D eigenvalue weighted by atomic mass is 10.1. The van der Waals surface area contributed by atoms with Crippen LogP contribution in [0.15, 0.2) is 42.5 Å². The van der Waals surface area contributed by atoms with Gasteiger partial charge in [0.05, 0.1) is 10.6 Å². The van der Waals surface area contributed by atoms with Crippen molar-refractivity contribution in [3.63, 3.8) is 0 Å². The Morgan fingerprint density at radius 3 is 2.27 bits per heavy atom. The quantitative estimate of drug-likeness (QED) is 0.780. The molecule has 0 bridgehead atoms. The van der Waals surface area contributed by atoms with Crippen LogP contribution < -0.4 is 5.32 Å². The molecule has 0 aliphatic carbocycles. The van der Waals surface area contributed by atoms with Crippen LogP contribution in [0.2, 0.25) is 5.02 Å². The Labute approximate surface area is 155 Å². The van der Waals surface area contributed by atoms with Crippen molar-refractivity contribution in [3.05, 3.63) is 64.4 Å². The largest absolute Gasteiger partial charge is 0.345 e. The number of benzene rings is 2. The summed E-state index contributed by atoms with van der Waals surface area (Å²) in [6.07, 6.45) is -0.0192. The van der Waals surface area contributed by atoms with Crippen molar-refractivity contribution >= 4 is 34.9 Å². The number of halogens is 2. The summed E-state index contributed by atoms with van der Waals surface area (Å²) in [5.41, 5.74) is 1.12. The summed E-state index contributed by atoms with van der Waals surface area (Å²) in [6, 6.07) is 9.76. The van der Waals surface area contributed by atoms with E-state index in [0.717, 1.165) is 0 Å². The maximum Gasteiger partial charge on any atom is 0.254 e. The van der Waals surface area contributed by atoms with Gasteiger partial charge in [-0.15, -0.1) is 0 Å². The van der Waals surface area contributed by atoms with E-state index < -0.39 is 5.82 Å². The van der Waals surface area contributed by atoms with Crippen molar-refractivity contribution in [2.75, 3.05) is 19.4 Å². The molecular formula is C19H18ClFN2O3. The number of rotatable bonds is 6. The van der Waals surface area contributed by atoms with Crippen molar-refractivity contribution in [1.82, 2.24) is 4.90 Å². The molecule has 0 unspecified atom stereocenters. The Morgan fingerprint density at radius 2 is 1.69 bits per heavy atom. The molecule has 0 aromatic heterocycles. The van der Waals surface area contributed by atoms with Gasteiger partial charge in [-0.25, -0.2) is 4.39 Å². The van der Waals surface area contributed by atoms with E-state index in [-0.39, 0.29) is 35.5 Å². The van der Waals surface area contributed by atoms with E-state index in [1.807, 2.05) is 0 Å². The molecule has 0 aliphatic heterocycles. The van der Waals surface area contributed by atoms with Crippen molar-refractivity contribution in [2.45, 2.75) is 12.8 Å². The first-order valence-electron chi connectivity index (χ1n) is 7.87. The maximum atomic E-state index is 12.9. The second kappa shape index (κ2) is 8.58. The van der Waals surface area contributed by atoms with E-state index in [1.165, 1.54) is 41.3 Å². The van der Waals surface area contributed by atoms with E-state index >= 15 is 0 Å². The maximum absolute atomic E-state index is 12.9. The molecule has 0 fully saturated rings. The Kier molecular flexibility index (Phi) is 6.46. The summed E-state index contributed by atoms with van der Waals surface area (Å²) < 4.78 is 12.9. The minimum Gasteiger partial charge on any atom is -0.345 e. The van der Waals surface area contributed by atoms with Crippen molar-refractivity contribution in [3.8, 4) is 0 Å². The van der Waals surface area contributed by atoms with E-state index in [0.29, 0.717) is 16.8 Å². The number of anilines is 1. The summed E-state index contributed by atoms with van der Waals surface area (Å²) in [7, 11) is 3.24. The van der Waals surface area contributed by atoms with Crippen LogP contribution in [0.5, 0.6) is 0 Å². The first-order valence-corrected chi connectivity index (χ1v) is 8.25. The smallest absolute Gasteiger partial charge is 0.254 e. The lowest BCUT2D eigenvalue weighted by molar-refractivity contribution is -0.116. The topological polar surface area (TPSA) is 66.5 Å². The van der Waals surface area contributed by atoms with Gasteiger partial charge >= 0.3 is 0 Å². The van der Waals surface area contributed by atoms with Crippen molar-refractivity contribution in [2.24, 2.45) is 0 Å². The minimum atomic E-state index is -0.424. The average molecular weight is 377 g/mol. The van der Waals surface area contributed by atoms with E-state index in [1.54, 1.807) is 20.2 Å². The van der Waals surface area contributed by atoms with Gasteiger partial charge in [-0.2, -0.15) is 0 Å². The molecule has 2 aromatic rings. The molecule has 0 aliphatic rings. The molecule has 2 amide bonds. The van der Waals surface area contributed by atoms with Gasteiger partial charge in [-0.3, -0.25) is 14.4 Å². The summed E-state index contributed by atoms with van der Waals surface area (Å²) in [4.78, 5) is 37.3. The molecule has 5 nitrogen and oxygen atoms in total. The Balaban J connectivity index is 1.93. The third-order valence-electron chi connectivity index (χ3n) is 3.63. The van der Waals surface area contributed by atoms with Crippen LogP contribution in [-0.2, 0) is 4.79 Å². The number of hydrogen-bond acceptors (Lipinski definition) is 3. The molecule has 26 heavy (non-hydrogen) atoms. The van der Waals surface area contributed by atoms with Crippen LogP contribution in [0.3, 0.4) is 0 Å². The molecule has 136 valence electrons. The molecule has 0 heterocycles. The first-order chi connectivity index (χ1) is 12.3. The average Bonchev–Trinajstić information content (AvgIpc) is 2.60. The fourth-order valence-corrected chi connectivity index (χ4v) is 2.50. The SMILES string of the molecule is CN(C)C(=O)c1ccc(NC(=O)CCC(=O)c2ccc(F)cc2)cc1Cl. The zero-order valence-electron chi connectivity index (χ0n) is 14.4. The summed E-state index contributed by atoms with van der Waals surface area (Å²) in [6.45, 7) is 0. The second-order valence-electron chi connectivity index (χ2n) is 5.87. The fourth-order valence-electron chi connectivity index (χ4n) is 2.24. The second-order valence-corrected chi connectivity index (χ2v) is 6.28. The third kappa shape index (κ3) is 5.13. The third-order valence-corrected chi connectivity index (χ3v) is 3.95. The highest BCUT2D eigenvalue weighted by molar-refractivity contribution is 6.34. The molecule has 2 aromatic carbocycles. The molecule has 1 N–H and O–H groups in total. The Morgan fingerprint density at radius 1 is 1.04 bits per heavy atom. The lowest BCUT2D eigenvalue weighted by Gasteiger charge is -2.12. The Bertz CT molecular complexity index is 835. The highest BCUT2D eigenvalue weighted by atomic mass is 35.5. The van der Waals surface area contributed by atoms with Crippen LogP contribution in [0, 0.1) is 5.82 Å². The van der Waals surface area contributed by atoms with Gasteiger partial charge < -0.3 is 10.2 Å². The van der Waals surface area contributed by atoms with E-state index in [4.69, 9.17) is 11.6 Å². The minimum absolute atomic E-state index is 0.00238. The number of nitrogens with one attached hydrogen (secondary N) is 1. The first kappa shape index (κ1) is 19.6. The van der Waals surface area contributed by atoms with Gasteiger partial charge in [-0.05, 0) is 42.5 Å². The highest BCUT2D eigenvalue weighted by Gasteiger charge is 2.14. The van der Waals surface area contributed by atoms with Crippen molar-refractivity contribution < 1.29 is 18.8 Å². The lowest BCUT2D eigenvalue weighted by Crippen LogP contribution is -2.22. The predicted molar refractivity (Wildman–Crippen MR) is 98.1 cm³/mol. The molecule has 0 saturated carbocycles. The van der Waals surface area contributed by atoms with Crippen molar-refractivity contribution in [1.29, 1.82) is 0 Å². The zero-order valence-corrected chi connectivity index (χ0v) is 15.1. The van der Waals surface area contributed by atoms with Crippen LogP contribution in [0.25, 0.3) is 0 Å².